The summed E-state index contributed by atoms with van der Waals surface area (Å²) in [6.45, 7) is 7.18. The van der Waals surface area contributed by atoms with Gasteiger partial charge in [-0.3, -0.25) is 19.2 Å². The number of amides is 2. The van der Waals surface area contributed by atoms with Crippen molar-refractivity contribution in [3.8, 4) is 17.2 Å². The van der Waals surface area contributed by atoms with Gasteiger partial charge in [0.15, 0.2) is 0 Å². The maximum absolute atomic E-state index is 13.3. The zero-order chi connectivity index (χ0) is 46.2. The second-order valence-electron chi connectivity index (χ2n) is 15.0. The van der Waals surface area contributed by atoms with Crippen LogP contribution in [0.4, 0.5) is 11.4 Å². The number of carbonyl (C=O) groups is 4. The monoisotopic (exact) mass is 908 g/mol. The molecule has 2 aromatic heterocycles. The number of carbonyl (C=O) groups excluding carboxylic acids is 4. The molecule has 0 bridgehead atoms. The lowest BCUT2D eigenvalue weighted by Gasteiger charge is -2.10. The van der Waals surface area contributed by atoms with Crippen molar-refractivity contribution in [2.45, 2.75) is 33.9 Å². The lowest BCUT2D eigenvalue weighted by atomic mass is 10.1. The highest BCUT2D eigenvalue weighted by molar-refractivity contribution is 6.49. The Bertz CT molecular complexity index is 3030. The minimum atomic E-state index is -0.722. The molecule has 2 N–H and O–H groups in total. The van der Waals surface area contributed by atoms with Crippen LogP contribution in [0.15, 0.2) is 140 Å². The summed E-state index contributed by atoms with van der Waals surface area (Å²) in [6.07, 6.45) is 0. The number of hydrogen-bond donors (Lipinski definition) is 2. The summed E-state index contributed by atoms with van der Waals surface area (Å²) in [5.41, 5.74) is 6.94. The van der Waals surface area contributed by atoms with Crippen molar-refractivity contribution in [3.63, 3.8) is 0 Å². The smallest absolute Gasteiger partial charge is 0.296 e. The van der Waals surface area contributed by atoms with E-state index in [4.69, 9.17) is 37.4 Å². The zero-order valence-corrected chi connectivity index (χ0v) is 37.9. The summed E-state index contributed by atoms with van der Waals surface area (Å²) in [4.78, 5) is 52.3. The third kappa shape index (κ3) is 10.4. The fourth-order valence-electron chi connectivity index (χ4n) is 7.66. The van der Waals surface area contributed by atoms with Crippen molar-refractivity contribution >= 4 is 79.8 Å². The quantitative estimate of drug-likeness (QED) is 0.0821. The van der Waals surface area contributed by atoms with Crippen LogP contribution in [0.3, 0.4) is 0 Å². The number of benzene rings is 6. The summed E-state index contributed by atoms with van der Waals surface area (Å²) in [6, 6.07) is 42.1. The lowest BCUT2D eigenvalue weighted by molar-refractivity contribution is -0.113. The van der Waals surface area contributed by atoms with Crippen LogP contribution in [0.5, 0.6) is 17.2 Å². The Morgan fingerprint density at radius 1 is 0.523 bits per heavy atom. The molecule has 0 saturated carbocycles. The predicted molar refractivity (Wildman–Crippen MR) is 258 cm³/mol. The van der Waals surface area contributed by atoms with Gasteiger partial charge in [-0.2, -0.15) is 0 Å². The molecule has 11 nitrogen and oxygen atoms in total. The second-order valence-corrected chi connectivity index (χ2v) is 15.9. The summed E-state index contributed by atoms with van der Waals surface area (Å²) < 4.78 is 20.3. The molecular weight excluding hydrogens is 863 g/mol. The van der Waals surface area contributed by atoms with E-state index in [2.05, 4.69) is 10.6 Å². The van der Waals surface area contributed by atoms with Crippen LogP contribution < -0.4 is 24.8 Å². The average Bonchev–Trinajstić information content (AvgIpc) is 3.74. The van der Waals surface area contributed by atoms with Gasteiger partial charge in [0, 0.05) is 73.8 Å². The van der Waals surface area contributed by atoms with Gasteiger partial charge in [-0.05, 0) is 117 Å². The van der Waals surface area contributed by atoms with Gasteiger partial charge >= 0.3 is 0 Å². The van der Waals surface area contributed by atoms with Gasteiger partial charge in [0.2, 0.25) is 0 Å². The standard InChI is InChI=1S/C26H23ClN2O4.C26H23ClN2O3/c1-16-24(25(30)26(31)28-19-5-4-6-20(13-19)32-2)22-14-21(33-3)11-12-23(22)29(16)15-17-7-9-18(27)10-8-17;1-3-32-21-13-14-23-22(15-21)24(25(30)26(31)28-20-7-5-4-6-8-20)17(2)29(23)16-18-9-11-19(27)12-10-18/h4-14H,15H2,1-3H3,(H,28,31);4-15H,3,16H2,1-2H3,(H,28,31). The van der Waals surface area contributed by atoms with E-state index in [1.54, 1.807) is 68.8 Å². The third-order valence-electron chi connectivity index (χ3n) is 10.9. The van der Waals surface area contributed by atoms with Gasteiger partial charge in [-0.15, -0.1) is 0 Å². The third-order valence-corrected chi connectivity index (χ3v) is 11.4. The first-order valence-electron chi connectivity index (χ1n) is 20.7. The summed E-state index contributed by atoms with van der Waals surface area (Å²) in [5, 5.41) is 8.04. The highest BCUT2D eigenvalue weighted by Gasteiger charge is 2.27. The molecule has 0 spiro atoms. The van der Waals surface area contributed by atoms with Crippen molar-refractivity contribution in [1.82, 2.24) is 9.13 Å². The molecule has 0 radical (unpaired) electrons. The Morgan fingerprint density at radius 2 is 0.969 bits per heavy atom. The maximum atomic E-state index is 13.3. The summed E-state index contributed by atoms with van der Waals surface area (Å²) in [7, 11) is 3.11. The molecule has 2 amide bonds. The van der Waals surface area contributed by atoms with E-state index >= 15 is 0 Å². The van der Waals surface area contributed by atoms with Crippen LogP contribution in [0.25, 0.3) is 21.8 Å². The normalized spacial score (nSPS) is 10.8. The number of nitrogens with zero attached hydrogens (tertiary/aromatic N) is 2. The number of aromatic nitrogens is 2. The molecule has 8 rings (SSSR count). The number of ketones is 2. The Kier molecular flexibility index (Phi) is 14.4. The molecule has 0 unspecified atom stereocenters. The molecule has 2 heterocycles. The van der Waals surface area contributed by atoms with Crippen LogP contribution >= 0.6 is 23.2 Å². The first-order chi connectivity index (χ1) is 31.4. The average molecular weight is 910 g/mol. The van der Waals surface area contributed by atoms with Crippen LogP contribution in [0, 0.1) is 13.8 Å². The Hall–Kier alpha value is -7.34. The molecule has 0 saturated heterocycles. The van der Waals surface area contributed by atoms with Crippen LogP contribution in [0.2, 0.25) is 10.0 Å². The maximum Gasteiger partial charge on any atom is 0.296 e. The minimum absolute atomic E-state index is 0.346. The van der Waals surface area contributed by atoms with Crippen molar-refractivity contribution in [3.05, 3.63) is 183 Å². The van der Waals surface area contributed by atoms with E-state index < -0.39 is 23.4 Å². The Balaban J connectivity index is 0.000000194. The van der Waals surface area contributed by atoms with Crippen LogP contribution in [0.1, 0.15) is 50.2 Å². The number of anilines is 2. The molecule has 65 heavy (non-hydrogen) atoms. The Morgan fingerprint density at radius 3 is 1.46 bits per heavy atom. The topological polar surface area (TPSA) is 130 Å². The second kappa shape index (κ2) is 20.4. The van der Waals surface area contributed by atoms with E-state index in [-0.39, 0.29) is 0 Å². The molecule has 0 aliphatic rings. The number of halogens is 2. The minimum Gasteiger partial charge on any atom is -0.497 e. The predicted octanol–water partition coefficient (Wildman–Crippen LogP) is 11.4. The number of hydrogen-bond acceptors (Lipinski definition) is 7. The van der Waals surface area contributed by atoms with Gasteiger partial charge in [0.05, 0.1) is 32.0 Å². The highest BCUT2D eigenvalue weighted by atomic mass is 35.5. The lowest BCUT2D eigenvalue weighted by Crippen LogP contribution is -2.23. The van der Waals surface area contributed by atoms with E-state index in [9.17, 15) is 19.2 Å². The molecule has 0 fully saturated rings. The molecule has 0 aliphatic carbocycles. The fourth-order valence-corrected chi connectivity index (χ4v) is 7.91. The molecule has 6 aromatic carbocycles. The number of methoxy groups -OCH3 is 2. The van der Waals surface area contributed by atoms with Crippen LogP contribution in [-0.4, -0.2) is 53.3 Å². The summed E-state index contributed by atoms with van der Waals surface area (Å²) in [5.74, 6) is -0.759. The highest BCUT2D eigenvalue weighted by Crippen LogP contribution is 2.33. The van der Waals surface area contributed by atoms with E-state index in [1.165, 1.54) is 0 Å². The largest absolute Gasteiger partial charge is 0.497 e. The van der Waals surface area contributed by atoms with Gasteiger partial charge in [0.25, 0.3) is 23.4 Å². The van der Waals surface area contributed by atoms with Crippen molar-refractivity contribution < 1.29 is 33.4 Å². The zero-order valence-electron chi connectivity index (χ0n) is 36.4. The number of rotatable bonds is 14. The SMILES string of the molecule is CCOc1ccc2c(c1)c(C(=O)C(=O)Nc1ccccc1)c(C)n2Cc1ccc(Cl)cc1.COc1cccc(NC(=O)C(=O)c2c(C)n(Cc3ccc(Cl)cc3)c3ccc(OC)cc23)c1. The Labute approximate surface area is 386 Å². The van der Waals surface area contributed by atoms with Crippen LogP contribution in [-0.2, 0) is 22.7 Å². The molecule has 13 heteroatoms. The summed E-state index contributed by atoms with van der Waals surface area (Å²) >= 11 is 12.0. The number of para-hydroxylation sites is 1. The number of Topliss-reactive ketones (excluding diaryl/α,β-unsaturated/α-hetero) is 2. The van der Waals surface area contributed by atoms with Gasteiger partial charge in [-0.25, -0.2) is 0 Å². The fraction of sp³-hybridized carbons (Fsp3) is 0.154. The van der Waals surface area contributed by atoms with Crippen molar-refractivity contribution in [2.75, 3.05) is 31.5 Å². The van der Waals surface area contributed by atoms with Crippen molar-refractivity contribution in [2.24, 2.45) is 0 Å². The van der Waals surface area contributed by atoms with E-state index in [1.807, 2.05) is 115 Å². The molecule has 8 aromatic rings. The first-order valence-corrected chi connectivity index (χ1v) is 21.5. The number of fused-ring (bicyclic) bond motifs is 2. The molecule has 0 atom stereocenters. The number of ether oxygens (including phenoxy) is 3. The van der Waals surface area contributed by atoms with Gasteiger partial charge < -0.3 is 34.0 Å². The molecule has 330 valence electrons. The number of nitrogens with one attached hydrogen (secondary N) is 2. The first kappa shape index (κ1) is 45.7. The molecule has 0 aliphatic heterocycles. The van der Waals surface area contributed by atoms with Gasteiger partial charge in [-0.1, -0.05) is 71.7 Å². The van der Waals surface area contributed by atoms with Crippen molar-refractivity contribution in [1.29, 1.82) is 0 Å². The van der Waals surface area contributed by atoms with E-state index in [0.29, 0.717) is 86.0 Å². The van der Waals surface area contributed by atoms with E-state index in [0.717, 1.165) is 27.9 Å². The molecular formula is C52H46Cl2N4O7. The van der Waals surface area contributed by atoms with Gasteiger partial charge in [0.1, 0.15) is 17.2 Å².